The van der Waals surface area contributed by atoms with Crippen LogP contribution in [0.25, 0.3) is 0 Å². The van der Waals surface area contributed by atoms with Crippen LogP contribution in [0.4, 0.5) is 0 Å². The van der Waals surface area contributed by atoms with Crippen LogP contribution in [0.15, 0.2) is 24.3 Å². The normalized spacial score (nSPS) is 16.0. The summed E-state index contributed by atoms with van der Waals surface area (Å²) in [6.07, 6.45) is 6.30. The summed E-state index contributed by atoms with van der Waals surface area (Å²) in [4.78, 5) is 13.9. The molecule has 1 aliphatic carbocycles. The van der Waals surface area contributed by atoms with Gasteiger partial charge in [-0.15, -0.1) is 0 Å². The maximum absolute atomic E-state index is 11.4. The van der Waals surface area contributed by atoms with Gasteiger partial charge >= 0.3 is 5.97 Å². The number of rotatable bonds is 7. The van der Waals surface area contributed by atoms with Crippen molar-refractivity contribution in [3.8, 4) is 0 Å². The van der Waals surface area contributed by atoms with Gasteiger partial charge in [0.15, 0.2) is 0 Å². The highest BCUT2D eigenvalue weighted by Gasteiger charge is 2.23. The average Bonchev–Trinajstić information content (AvgIpc) is 2.97. The molecule has 1 aromatic rings. The summed E-state index contributed by atoms with van der Waals surface area (Å²) >= 11 is 0. The minimum absolute atomic E-state index is 0.449. The molecular weight excluding hydrogens is 262 g/mol. The first-order chi connectivity index (χ1) is 10.1. The molecule has 0 amide bonds. The highest BCUT2D eigenvalue weighted by atomic mass is 16.4. The Labute approximate surface area is 128 Å². The fourth-order valence-corrected chi connectivity index (χ4v) is 3.17. The molecule has 3 nitrogen and oxygen atoms in total. The highest BCUT2D eigenvalue weighted by Crippen LogP contribution is 2.26. The van der Waals surface area contributed by atoms with Crippen LogP contribution >= 0.6 is 0 Å². The van der Waals surface area contributed by atoms with Crippen molar-refractivity contribution in [3.63, 3.8) is 0 Å². The largest absolute Gasteiger partial charge is 0.478 e. The third-order valence-electron chi connectivity index (χ3n) is 4.46. The smallest absolute Gasteiger partial charge is 0.336 e. The number of aromatic carboxylic acids is 1. The van der Waals surface area contributed by atoms with E-state index in [4.69, 9.17) is 0 Å². The second-order valence-electron chi connectivity index (χ2n) is 6.55. The predicted octanol–water partition coefficient (Wildman–Crippen LogP) is 4.18. The summed E-state index contributed by atoms with van der Waals surface area (Å²) in [7, 11) is 0. The van der Waals surface area contributed by atoms with Crippen molar-refractivity contribution < 1.29 is 9.90 Å². The minimum Gasteiger partial charge on any atom is -0.478 e. The molecule has 0 aromatic heterocycles. The van der Waals surface area contributed by atoms with Crippen LogP contribution in [0.1, 0.15) is 61.9 Å². The number of hydrogen-bond acceptors (Lipinski definition) is 2. The molecule has 0 saturated heterocycles. The summed E-state index contributed by atoms with van der Waals surface area (Å²) in [5.41, 5.74) is 1.39. The number of nitrogens with zero attached hydrogens (tertiary/aromatic N) is 1. The average molecular weight is 289 g/mol. The van der Waals surface area contributed by atoms with E-state index in [-0.39, 0.29) is 0 Å². The summed E-state index contributed by atoms with van der Waals surface area (Å²) in [5, 5.41) is 9.34. The molecular formula is C18H27NO2. The van der Waals surface area contributed by atoms with E-state index in [0.717, 1.165) is 18.7 Å². The third-order valence-corrected chi connectivity index (χ3v) is 4.46. The van der Waals surface area contributed by atoms with Crippen molar-refractivity contribution in [2.45, 2.75) is 58.5 Å². The van der Waals surface area contributed by atoms with Crippen molar-refractivity contribution in [3.05, 3.63) is 35.4 Å². The lowest BCUT2D eigenvalue weighted by Crippen LogP contribution is -2.34. The van der Waals surface area contributed by atoms with E-state index in [1.54, 1.807) is 12.1 Å². The molecule has 0 heterocycles. The fraction of sp³-hybridized carbons (Fsp3) is 0.611. The Morgan fingerprint density at radius 3 is 2.57 bits per heavy atom. The Bertz CT molecular complexity index is 464. The van der Waals surface area contributed by atoms with Gasteiger partial charge in [-0.25, -0.2) is 4.79 Å². The molecule has 3 heteroatoms. The number of hydrogen-bond donors (Lipinski definition) is 1. The van der Waals surface area contributed by atoms with E-state index in [9.17, 15) is 9.90 Å². The second kappa shape index (κ2) is 7.60. The van der Waals surface area contributed by atoms with Crippen LogP contribution < -0.4 is 0 Å². The topological polar surface area (TPSA) is 40.5 Å². The van der Waals surface area contributed by atoms with Crippen LogP contribution in [0, 0.1) is 5.92 Å². The second-order valence-corrected chi connectivity index (χ2v) is 6.55. The summed E-state index contributed by atoms with van der Waals surface area (Å²) < 4.78 is 0. The van der Waals surface area contributed by atoms with Gasteiger partial charge in [0.25, 0.3) is 0 Å². The maximum atomic E-state index is 11.4. The molecule has 0 unspecified atom stereocenters. The first-order valence-electron chi connectivity index (χ1n) is 8.13. The highest BCUT2D eigenvalue weighted by molar-refractivity contribution is 5.89. The van der Waals surface area contributed by atoms with Crippen molar-refractivity contribution in [1.29, 1.82) is 0 Å². The zero-order valence-corrected chi connectivity index (χ0v) is 13.2. The van der Waals surface area contributed by atoms with Gasteiger partial charge in [-0.2, -0.15) is 0 Å². The molecule has 0 radical (unpaired) electrons. The van der Waals surface area contributed by atoms with E-state index in [2.05, 4.69) is 18.7 Å². The fourth-order valence-electron chi connectivity index (χ4n) is 3.17. The molecule has 0 atom stereocenters. The standard InChI is InChI=1S/C18H27NO2/c1-14(2)11-12-19(16-8-4-5-9-16)13-15-7-3-6-10-17(15)18(20)21/h3,6-7,10,14,16H,4-5,8-9,11-13H2,1-2H3,(H,20,21). The van der Waals surface area contributed by atoms with Crippen LogP contribution in [0.5, 0.6) is 0 Å². The molecule has 21 heavy (non-hydrogen) atoms. The number of carbonyl (C=O) groups is 1. The number of carboxylic acids is 1. The quantitative estimate of drug-likeness (QED) is 0.818. The Morgan fingerprint density at radius 2 is 1.95 bits per heavy atom. The minimum atomic E-state index is -0.819. The zero-order valence-electron chi connectivity index (χ0n) is 13.2. The monoisotopic (exact) mass is 289 g/mol. The van der Waals surface area contributed by atoms with Gasteiger partial charge < -0.3 is 5.11 Å². The third kappa shape index (κ3) is 4.57. The molecule has 1 fully saturated rings. The van der Waals surface area contributed by atoms with Crippen molar-refractivity contribution in [2.75, 3.05) is 6.54 Å². The predicted molar refractivity (Wildman–Crippen MR) is 85.5 cm³/mol. The Hall–Kier alpha value is -1.35. The number of carboxylic acid groups (broad SMARTS) is 1. The van der Waals surface area contributed by atoms with E-state index in [1.807, 2.05) is 12.1 Å². The first-order valence-corrected chi connectivity index (χ1v) is 8.13. The Kier molecular flexibility index (Phi) is 5.80. The molecule has 116 valence electrons. The van der Waals surface area contributed by atoms with Crippen molar-refractivity contribution in [2.24, 2.45) is 5.92 Å². The Morgan fingerprint density at radius 1 is 1.29 bits per heavy atom. The lowest BCUT2D eigenvalue weighted by atomic mass is 10.0. The van der Waals surface area contributed by atoms with E-state index in [1.165, 1.54) is 32.1 Å². The van der Waals surface area contributed by atoms with Crippen LogP contribution in [0.3, 0.4) is 0 Å². The first kappa shape index (κ1) is 16.0. The molecule has 0 aliphatic heterocycles. The van der Waals surface area contributed by atoms with Crippen molar-refractivity contribution >= 4 is 5.97 Å². The van der Waals surface area contributed by atoms with E-state index in [0.29, 0.717) is 17.5 Å². The lowest BCUT2D eigenvalue weighted by Gasteiger charge is -2.30. The van der Waals surface area contributed by atoms with Gasteiger partial charge in [-0.1, -0.05) is 44.9 Å². The SMILES string of the molecule is CC(C)CCN(Cc1ccccc1C(=O)O)C1CCCC1. The molecule has 1 N–H and O–H groups in total. The van der Waals surface area contributed by atoms with Gasteiger partial charge in [-0.05, 0) is 43.4 Å². The van der Waals surface area contributed by atoms with Gasteiger partial charge in [0.2, 0.25) is 0 Å². The molecule has 1 aromatic carbocycles. The van der Waals surface area contributed by atoms with Crippen LogP contribution in [0.2, 0.25) is 0 Å². The van der Waals surface area contributed by atoms with Crippen molar-refractivity contribution in [1.82, 2.24) is 4.90 Å². The Balaban J connectivity index is 2.12. The molecule has 2 rings (SSSR count). The molecule has 0 spiro atoms. The van der Waals surface area contributed by atoms with Crippen LogP contribution in [-0.4, -0.2) is 28.6 Å². The zero-order chi connectivity index (χ0) is 15.2. The van der Waals surface area contributed by atoms with Gasteiger partial charge in [0.05, 0.1) is 5.56 Å². The summed E-state index contributed by atoms with van der Waals surface area (Å²) in [6, 6.07) is 8.05. The molecule has 0 bridgehead atoms. The van der Waals surface area contributed by atoms with E-state index < -0.39 is 5.97 Å². The maximum Gasteiger partial charge on any atom is 0.336 e. The van der Waals surface area contributed by atoms with Crippen LogP contribution in [-0.2, 0) is 6.54 Å². The summed E-state index contributed by atoms with van der Waals surface area (Å²) in [5.74, 6) is -0.135. The van der Waals surface area contributed by atoms with Gasteiger partial charge in [0, 0.05) is 12.6 Å². The van der Waals surface area contributed by atoms with Gasteiger partial charge in [-0.3, -0.25) is 4.90 Å². The molecule has 1 saturated carbocycles. The van der Waals surface area contributed by atoms with E-state index >= 15 is 0 Å². The van der Waals surface area contributed by atoms with Gasteiger partial charge in [0.1, 0.15) is 0 Å². The molecule has 1 aliphatic rings. The summed E-state index contributed by atoms with van der Waals surface area (Å²) in [6.45, 7) is 6.33. The lowest BCUT2D eigenvalue weighted by molar-refractivity contribution is 0.0693. The number of benzene rings is 1.